The minimum Gasteiger partial charge on any atom is -0.486 e. The molecule has 1 aliphatic heterocycles. The van der Waals surface area contributed by atoms with E-state index in [2.05, 4.69) is 4.72 Å². The summed E-state index contributed by atoms with van der Waals surface area (Å²) in [6.07, 6.45) is 1.50. The molecule has 112 valence electrons. The van der Waals surface area contributed by atoms with Crippen LogP contribution in [0.1, 0.15) is 11.3 Å². The lowest BCUT2D eigenvalue weighted by molar-refractivity contribution is 0.171. The minimum absolute atomic E-state index is 0.100. The van der Waals surface area contributed by atoms with Crippen molar-refractivity contribution >= 4 is 10.0 Å². The van der Waals surface area contributed by atoms with E-state index in [0.717, 1.165) is 0 Å². The molecule has 0 amide bonds. The van der Waals surface area contributed by atoms with Crippen LogP contribution in [-0.4, -0.2) is 21.6 Å². The summed E-state index contributed by atoms with van der Waals surface area (Å²) >= 11 is 0. The van der Waals surface area contributed by atoms with Gasteiger partial charge in [0, 0.05) is 6.07 Å². The van der Waals surface area contributed by atoms with E-state index in [0.29, 0.717) is 36.0 Å². The van der Waals surface area contributed by atoms with Gasteiger partial charge in [0.15, 0.2) is 11.5 Å². The molecule has 0 atom stereocenters. The maximum atomic E-state index is 12.4. The van der Waals surface area contributed by atoms with Crippen LogP contribution in [0.4, 0.5) is 0 Å². The summed E-state index contributed by atoms with van der Waals surface area (Å²) in [5, 5.41) is 0. The molecule has 0 spiro atoms. The Kier molecular flexibility index (Phi) is 3.60. The van der Waals surface area contributed by atoms with Crippen LogP contribution in [0, 0.1) is 6.92 Å². The normalized spacial score (nSPS) is 14.1. The Hall–Kier alpha value is -1.99. The van der Waals surface area contributed by atoms with Crippen LogP contribution in [0.3, 0.4) is 0 Å². The molecule has 1 N–H and O–H groups in total. The van der Waals surface area contributed by atoms with E-state index in [1.807, 2.05) is 0 Å². The SMILES string of the molecule is Cc1cc2c(cc1S(=O)(=O)NCc1ccco1)OCCO2. The highest BCUT2D eigenvalue weighted by Crippen LogP contribution is 2.34. The van der Waals surface area contributed by atoms with Gasteiger partial charge in [-0.15, -0.1) is 0 Å². The highest BCUT2D eigenvalue weighted by molar-refractivity contribution is 7.89. The molecule has 0 aliphatic carbocycles. The Balaban J connectivity index is 1.87. The van der Waals surface area contributed by atoms with Gasteiger partial charge in [0.25, 0.3) is 0 Å². The molecule has 0 saturated carbocycles. The summed E-state index contributed by atoms with van der Waals surface area (Å²) in [7, 11) is -3.65. The van der Waals surface area contributed by atoms with Crippen LogP contribution in [0.2, 0.25) is 0 Å². The number of rotatable bonds is 4. The molecule has 1 aromatic heterocycles. The molecular formula is C14H15NO5S. The first-order valence-corrected chi connectivity index (χ1v) is 7.97. The number of ether oxygens (including phenoxy) is 2. The molecule has 7 heteroatoms. The average molecular weight is 309 g/mol. The third-order valence-electron chi connectivity index (χ3n) is 3.15. The van der Waals surface area contributed by atoms with Gasteiger partial charge in [0.2, 0.25) is 10.0 Å². The fraction of sp³-hybridized carbons (Fsp3) is 0.286. The van der Waals surface area contributed by atoms with Crippen LogP contribution in [0.5, 0.6) is 11.5 Å². The summed E-state index contributed by atoms with van der Waals surface area (Å²) in [6.45, 7) is 2.70. The second-order valence-electron chi connectivity index (χ2n) is 4.67. The summed E-state index contributed by atoms with van der Waals surface area (Å²) < 4.78 is 43.3. The molecule has 0 saturated heterocycles. The lowest BCUT2D eigenvalue weighted by Crippen LogP contribution is -2.24. The maximum absolute atomic E-state index is 12.4. The summed E-state index contributed by atoms with van der Waals surface area (Å²) in [5.74, 6) is 1.57. The molecule has 2 aromatic rings. The van der Waals surface area contributed by atoms with Crippen LogP contribution in [0.25, 0.3) is 0 Å². The first-order valence-electron chi connectivity index (χ1n) is 6.48. The van der Waals surface area contributed by atoms with Gasteiger partial charge in [-0.2, -0.15) is 0 Å². The lowest BCUT2D eigenvalue weighted by atomic mass is 10.2. The van der Waals surface area contributed by atoms with Gasteiger partial charge in [-0.05, 0) is 30.7 Å². The molecular weight excluding hydrogens is 294 g/mol. The second-order valence-corrected chi connectivity index (χ2v) is 6.40. The van der Waals surface area contributed by atoms with E-state index in [-0.39, 0.29) is 11.4 Å². The van der Waals surface area contributed by atoms with Crippen molar-refractivity contribution in [3.05, 3.63) is 41.9 Å². The quantitative estimate of drug-likeness (QED) is 0.932. The van der Waals surface area contributed by atoms with E-state index in [1.165, 1.54) is 12.3 Å². The number of furan rings is 1. The van der Waals surface area contributed by atoms with Gasteiger partial charge < -0.3 is 13.9 Å². The minimum atomic E-state index is -3.65. The largest absolute Gasteiger partial charge is 0.486 e. The first kappa shape index (κ1) is 14.0. The van der Waals surface area contributed by atoms with Crippen molar-refractivity contribution in [3.8, 4) is 11.5 Å². The van der Waals surface area contributed by atoms with Gasteiger partial charge in [0.1, 0.15) is 19.0 Å². The predicted molar refractivity (Wildman–Crippen MR) is 74.9 cm³/mol. The fourth-order valence-corrected chi connectivity index (χ4v) is 3.35. The molecule has 0 unspecified atom stereocenters. The van der Waals surface area contributed by atoms with Crippen LogP contribution < -0.4 is 14.2 Å². The number of nitrogens with one attached hydrogen (secondary N) is 1. The van der Waals surface area contributed by atoms with Crippen molar-refractivity contribution in [3.63, 3.8) is 0 Å². The van der Waals surface area contributed by atoms with Gasteiger partial charge in [0.05, 0.1) is 17.7 Å². The molecule has 6 nitrogen and oxygen atoms in total. The highest BCUT2D eigenvalue weighted by Gasteiger charge is 2.22. The third-order valence-corrected chi connectivity index (χ3v) is 4.69. The molecule has 2 heterocycles. The topological polar surface area (TPSA) is 77.8 Å². The maximum Gasteiger partial charge on any atom is 0.241 e. The Labute approximate surface area is 122 Å². The lowest BCUT2D eigenvalue weighted by Gasteiger charge is -2.20. The number of hydrogen-bond donors (Lipinski definition) is 1. The second kappa shape index (κ2) is 5.42. The van der Waals surface area contributed by atoms with Crippen molar-refractivity contribution in [2.45, 2.75) is 18.4 Å². The highest BCUT2D eigenvalue weighted by atomic mass is 32.2. The molecule has 1 aromatic carbocycles. The Morgan fingerprint density at radius 1 is 1.19 bits per heavy atom. The van der Waals surface area contributed by atoms with Crippen molar-refractivity contribution in [2.24, 2.45) is 0 Å². The van der Waals surface area contributed by atoms with Crippen molar-refractivity contribution < 1.29 is 22.3 Å². The predicted octanol–water partition coefficient (Wildman–Crippen LogP) is 1.84. The molecule has 3 rings (SSSR count). The van der Waals surface area contributed by atoms with Crippen LogP contribution in [0.15, 0.2) is 39.8 Å². The van der Waals surface area contributed by atoms with Crippen molar-refractivity contribution in [1.29, 1.82) is 0 Å². The average Bonchev–Trinajstić information content (AvgIpc) is 2.98. The molecule has 1 aliphatic rings. The Morgan fingerprint density at radius 2 is 1.90 bits per heavy atom. The smallest absolute Gasteiger partial charge is 0.241 e. The number of aryl methyl sites for hydroxylation is 1. The van der Waals surface area contributed by atoms with Gasteiger partial charge in [-0.3, -0.25) is 0 Å². The van der Waals surface area contributed by atoms with E-state index in [4.69, 9.17) is 13.9 Å². The third kappa shape index (κ3) is 2.88. The molecule has 0 radical (unpaired) electrons. The van der Waals surface area contributed by atoms with Crippen molar-refractivity contribution in [2.75, 3.05) is 13.2 Å². The van der Waals surface area contributed by atoms with Crippen LogP contribution >= 0.6 is 0 Å². The van der Waals surface area contributed by atoms with E-state index < -0.39 is 10.0 Å². The first-order chi connectivity index (χ1) is 10.1. The molecule has 0 fully saturated rings. The summed E-state index contributed by atoms with van der Waals surface area (Å²) in [5.41, 5.74) is 0.603. The number of sulfonamides is 1. The number of hydrogen-bond acceptors (Lipinski definition) is 5. The van der Waals surface area contributed by atoms with Gasteiger partial charge in [-0.1, -0.05) is 0 Å². The standard InChI is InChI=1S/C14H15NO5S/c1-10-7-12-13(20-6-5-19-12)8-14(10)21(16,17)15-9-11-3-2-4-18-11/h2-4,7-8,15H,5-6,9H2,1H3. The van der Waals surface area contributed by atoms with Crippen LogP contribution in [-0.2, 0) is 16.6 Å². The van der Waals surface area contributed by atoms with E-state index >= 15 is 0 Å². The monoisotopic (exact) mass is 309 g/mol. The zero-order valence-corrected chi connectivity index (χ0v) is 12.3. The van der Waals surface area contributed by atoms with Gasteiger partial charge >= 0.3 is 0 Å². The summed E-state index contributed by atoms with van der Waals surface area (Å²) in [6, 6.07) is 6.59. The molecule has 21 heavy (non-hydrogen) atoms. The number of fused-ring (bicyclic) bond motifs is 1. The zero-order chi connectivity index (χ0) is 14.9. The Bertz CT molecular complexity index is 737. The molecule has 0 bridgehead atoms. The van der Waals surface area contributed by atoms with Crippen molar-refractivity contribution in [1.82, 2.24) is 4.72 Å². The van der Waals surface area contributed by atoms with E-state index in [9.17, 15) is 8.42 Å². The van der Waals surface area contributed by atoms with Gasteiger partial charge in [-0.25, -0.2) is 13.1 Å². The fourth-order valence-electron chi connectivity index (χ4n) is 2.12. The van der Waals surface area contributed by atoms with E-state index in [1.54, 1.807) is 25.1 Å². The zero-order valence-electron chi connectivity index (χ0n) is 11.5. The number of benzene rings is 1. The Morgan fingerprint density at radius 3 is 2.57 bits per heavy atom. The summed E-state index contributed by atoms with van der Waals surface area (Å²) in [4.78, 5) is 0.179.